The van der Waals surface area contributed by atoms with Crippen molar-refractivity contribution in [2.45, 2.75) is 20.4 Å². The Labute approximate surface area is 154 Å². The zero-order valence-electron chi connectivity index (χ0n) is 13.4. The summed E-state index contributed by atoms with van der Waals surface area (Å²) in [6.45, 7) is 6.94. The van der Waals surface area contributed by atoms with Crippen LogP contribution in [0.1, 0.15) is 30.2 Å². The van der Waals surface area contributed by atoms with Crippen LogP contribution in [0, 0.1) is 0 Å². The first-order valence-electron chi connectivity index (χ1n) is 7.67. The van der Waals surface area contributed by atoms with E-state index in [1.807, 2.05) is 28.8 Å². The molecule has 3 aromatic rings. The Morgan fingerprint density at radius 3 is 2.67 bits per heavy atom. The average molecular weight is 382 g/mol. The molecule has 0 aliphatic rings. The van der Waals surface area contributed by atoms with Crippen LogP contribution in [0.3, 0.4) is 0 Å². The molecule has 8 heteroatoms. The summed E-state index contributed by atoms with van der Waals surface area (Å²) in [6.07, 6.45) is 3.85. The highest BCUT2D eigenvalue weighted by Gasteiger charge is 2.12. The Morgan fingerprint density at radius 2 is 1.96 bits per heavy atom. The molecule has 0 aliphatic heterocycles. The molecule has 0 spiro atoms. The predicted octanol–water partition coefficient (Wildman–Crippen LogP) is 4.50. The molecular formula is C16H17Cl2N5S. The van der Waals surface area contributed by atoms with Gasteiger partial charge in [-0.05, 0) is 36.9 Å². The second-order valence-corrected chi connectivity index (χ2v) is 7.04. The molecule has 0 amide bonds. The molecule has 5 nitrogen and oxygen atoms in total. The minimum absolute atomic E-state index is 0.615. The maximum absolute atomic E-state index is 6.18. The van der Waals surface area contributed by atoms with E-state index < -0.39 is 0 Å². The van der Waals surface area contributed by atoms with Gasteiger partial charge in [0.25, 0.3) is 0 Å². The van der Waals surface area contributed by atoms with Gasteiger partial charge in [0.2, 0.25) is 4.96 Å². The molecule has 1 aromatic carbocycles. The summed E-state index contributed by atoms with van der Waals surface area (Å²) in [5, 5.41) is 15.1. The number of hydrogen-bond acceptors (Lipinski definition) is 5. The molecular weight excluding hydrogens is 365 g/mol. The summed E-state index contributed by atoms with van der Waals surface area (Å²) in [5.74, 6) is 0.856. The predicted molar refractivity (Wildman–Crippen MR) is 101 cm³/mol. The summed E-state index contributed by atoms with van der Waals surface area (Å²) >= 11 is 13.6. The molecule has 0 aliphatic carbocycles. The van der Waals surface area contributed by atoms with Gasteiger partial charge in [-0.15, -0.1) is 10.2 Å². The highest BCUT2D eigenvalue weighted by molar-refractivity contribution is 7.17. The Kier molecular flexibility index (Phi) is 5.50. The maximum atomic E-state index is 6.18. The molecule has 126 valence electrons. The van der Waals surface area contributed by atoms with Gasteiger partial charge >= 0.3 is 0 Å². The van der Waals surface area contributed by atoms with Crippen LogP contribution in [0.15, 0.2) is 18.2 Å². The van der Waals surface area contributed by atoms with Crippen molar-refractivity contribution in [2.24, 2.45) is 0 Å². The van der Waals surface area contributed by atoms with Gasteiger partial charge in [0.15, 0.2) is 5.82 Å². The smallest absolute Gasteiger partial charge is 0.235 e. The van der Waals surface area contributed by atoms with Crippen molar-refractivity contribution in [3.8, 4) is 0 Å². The molecule has 0 N–H and O–H groups in total. The lowest BCUT2D eigenvalue weighted by Crippen LogP contribution is -2.23. The zero-order chi connectivity index (χ0) is 17.1. The summed E-state index contributed by atoms with van der Waals surface area (Å²) in [5.41, 5.74) is 0.899. The van der Waals surface area contributed by atoms with E-state index in [4.69, 9.17) is 23.2 Å². The van der Waals surface area contributed by atoms with Crippen molar-refractivity contribution in [1.29, 1.82) is 0 Å². The Bertz CT molecular complexity index is 867. The van der Waals surface area contributed by atoms with Gasteiger partial charge in [-0.1, -0.05) is 60.5 Å². The lowest BCUT2D eigenvalue weighted by molar-refractivity contribution is 0.286. The Balaban J connectivity index is 1.83. The van der Waals surface area contributed by atoms with Crippen LogP contribution in [0.25, 0.3) is 17.1 Å². The summed E-state index contributed by atoms with van der Waals surface area (Å²) < 4.78 is 1.81. The summed E-state index contributed by atoms with van der Waals surface area (Å²) in [4.78, 5) is 3.07. The minimum Gasteiger partial charge on any atom is -0.296 e. The van der Waals surface area contributed by atoms with E-state index in [0.717, 1.165) is 41.0 Å². The number of rotatable bonds is 6. The zero-order valence-corrected chi connectivity index (χ0v) is 15.7. The molecule has 0 bridgehead atoms. The van der Waals surface area contributed by atoms with E-state index in [1.165, 1.54) is 11.3 Å². The SMILES string of the molecule is CCN(CC)Cc1nnc2sc(/C=C\c3ccc(Cl)cc3Cl)nn12. The van der Waals surface area contributed by atoms with E-state index in [0.29, 0.717) is 10.0 Å². The van der Waals surface area contributed by atoms with Crippen LogP contribution in [0.5, 0.6) is 0 Å². The van der Waals surface area contributed by atoms with Crippen LogP contribution in [0.4, 0.5) is 0 Å². The standard InChI is InChI=1S/C16H17Cl2N5S/c1-3-22(4-2)10-14-19-20-16-23(14)21-15(24-16)8-6-11-5-7-12(17)9-13(11)18/h5-9H,3-4,10H2,1-2H3/b8-6-. The quantitative estimate of drug-likeness (QED) is 0.630. The second kappa shape index (κ2) is 7.61. The first kappa shape index (κ1) is 17.4. The van der Waals surface area contributed by atoms with Gasteiger partial charge in [-0.3, -0.25) is 4.90 Å². The average Bonchev–Trinajstić information content (AvgIpc) is 3.12. The van der Waals surface area contributed by atoms with Gasteiger partial charge in [0.1, 0.15) is 5.01 Å². The molecule has 24 heavy (non-hydrogen) atoms. The fourth-order valence-electron chi connectivity index (χ4n) is 2.28. The molecule has 0 radical (unpaired) electrons. The van der Waals surface area contributed by atoms with Crippen molar-refractivity contribution in [3.63, 3.8) is 0 Å². The molecule has 2 heterocycles. The minimum atomic E-state index is 0.615. The number of aromatic nitrogens is 4. The van der Waals surface area contributed by atoms with Crippen LogP contribution in [-0.4, -0.2) is 37.8 Å². The van der Waals surface area contributed by atoms with Crippen molar-refractivity contribution in [2.75, 3.05) is 13.1 Å². The van der Waals surface area contributed by atoms with E-state index >= 15 is 0 Å². The van der Waals surface area contributed by atoms with Gasteiger partial charge in [-0.2, -0.15) is 9.61 Å². The molecule has 0 unspecified atom stereocenters. The maximum Gasteiger partial charge on any atom is 0.235 e. The first-order chi connectivity index (χ1) is 11.6. The second-order valence-electron chi connectivity index (χ2n) is 5.21. The third kappa shape index (κ3) is 3.78. The first-order valence-corrected chi connectivity index (χ1v) is 9.24. The number of benzene rings is 1. The fraction of sp³-hybridized carbons (Fsp3) is 0.312. The lowest BCUT2D eigenvalue weighted by Gasteiger charge is -2.15. The molecule has 0 saturated carbocycles. The summed E-state index contributed by atoms with van der Waals surface area (Å²) in [6, 6.07) is 5.42. The highest BCUT2D eigenvalue weighted by atomic mass is 35.5. The van der Waals surface area contributed by atoms with Gasteiger partial charge in [-0.25, -0.2) is 0 Å². The van der Waals surface area contributed by atoms with Crippen LogP contribution in [0.2, 0.25) is 10.0 Å². The number of fused-ring (bicyclic) bond motifs is 1. The topological polar surface area (TPSA) is 46.3 Å². The Morgan fingerprint density at radius 1 is 1.17 bits per heavy atom. The highest BCUT2D eigenvalue weighted by Crippen LogP contribution is 2.24. The van der Waals surface area contributed by atoms with Crippen molar-refractivity contribution < 1.29 is 0 Å². The largest absolute Gasteiger partial charge is 0.296 e. The lowest BCUT2D eigenvalue weighted by atomic mass is 10.2. The van der Waals surface area contributed by atoms with Gasteiger partial charge in [0.05, 0.1) is 6.54 Å². The monoisotopic (exact) mass is 381 g/mol. The third-order valence-corrected chi connectivity index (χ3v) is 5.12. The molecule has 2 aromatic heterocycles. The number of halogens is 2. The third-order valence-electron chi connectivity index (χ3n) is 3.70. The molecule has 0 saturated heterocycles. The molecule has 3 rings (SSSR count). The van der Waals surface area contributed by atoms with Crippen LogP contribution in [-0.2, 0) is 6.54 Å². The van der Waals surface area contributed by atoms with Crippen LogP contribution < -0.4 is 0 Å². The van der Waals surface area contributed by atoms with Gasteiger partial charge in [0, 0.05) is 10.0 Å². The van der Waals surface area contributed by atoms with E-state index in [2.05, 4.69) is 34.0 Å². The number of nitrogens with zero attached hydrogens (tertiary/aromatic N) is 5. The van der Waals surface area contributed by atoms with Crippen molar-refractivity contribution >= 4 is 51.7 Å². The molecule has 0 fully saturated rings. The van der Waals surface area contributed by atoms with E-state index in [1.54, 1.807) is 6.07 Å². The van der Waals surface area contributed by atoms with E-state index in [-0.39, 0.29) is 0 Å². The van der Waals surface area contributed by atoms with Crippen LogP contribution >= 0.6 is 34.5 Å². The van der Waals surface area contributed by atoms with Crippen molar-refractivity contribution in [1.82, 2.24) is 24.7 Å². The Hall–Kier alpha value is -1.47. The molecule has 0 atom stereocenters. The number of hydrogen-bond donors (Lipinski definition) is 0. The van der Waals surface area contributed by atoms with E-state index in [9.17, 15) is 0 Å². The normalized spacial score (nSPS) is 12.0. The fourth-order valence-corrected chi connectivity index (χ4v) is 3.51. The van der Waals surface area contributed by atoms with Gasteiger partial charge < -0.3 is 0 Å². The summed E-state index contributed by atoms with van der Waals surface area (Å²) in [7, 11) is 0. The van der Waals surface area contributed by atoms with Crippen molar-refractivity contribution in [3.05, 3.63) is 44.6 Å².